The van der Waals surface area contributed by atoms with Crippen molar-refractivity contribution in [3.8, 4) is 0 Å². The van der Waals surface area contributed by atoms with Crippen molar-refractivity contribution in [3.63, 3.8) is 0 Å². The molecule has 4 N–H and O–H groups in total. The summed E-state index contributed by atoms with van der Waals surface area (Å²) in [5.74, 6) is -0.297. The van der Waals surface area contributed by atoms with Crippen molar-refractivity contribution in [3.05, 3.63) is 0 Å². The zero-order chi connectivity index (χ0) is 40.5. The van der Waals surface area contributed by atoms with Gasteiger partial charge in [0, 0.05) is 12.8 Å². The molecule has 0 aromatic rings. The summed E-state index contributed by atoms with van der Waals surface area (Å²) in [6.07, 6.45) is 68.8. The van der Waals surface area contributed by atoms with E-state index in [1.165, 1.54) is 295 Å². The van der Waals surface area contributed by atoms with Crippen LogP contribution in [0.4, 0.5) is 0 Å². The van der Waals surface area contributed by atoms with Crippen LogP contribution in [0.1, 0.15) is 321 Å². The van der Waals surface area contributed by atoms with E-state index in [1.54, 1.807) is 0 Å². The van der Waals surface area contributed by atoms with Crippen LogP contribution in [0.2, 0.25) is 0 Å². The number of carbonyl (C=O) groups is 2. The molecule has 0 aliphatic carbocycles. The van der Waals surface area contributed by atoms with Crippen molar-refractivity contribution in [1.82, 2.24) is 0 Å². The molecule has 2 amide bonds. The predicted molar refractivity (Wildman–Crippen MR) is 249 cm³/mol. The fraction of sp³-hybridized carbons (Fsp3) is 0.962. The second-order valence-corrected chi connectivity index (χ2v) is 18.4. The lowest BCUT2D eigenvalue weighted by atomic mass is 10.0. The fourth-order valence-electron chi connectivity index (χ4n) is 8.73. The standard InChI is InChI=1S/C52H104N2O2/c53-51(55)49-47-45-43-41-39-37-35-33-31-29-27-25-23-21-19-17-15-13-11-9-7-5-3-1-2-4-6-8-10-12-14-16-18-20-22-24-26-28-30-32-34-36-38-40-42-44-46-48-50-52(54)56/h1-50H2,(H2,53,55)(H2,54,56). The predicted octanol–water partition coefficient (Wildman–Crippen LogP) is 17.5. The van der Waals surface area contributed by atoms with Crippen molar-refractivity contribution in [1.29, 1.82) is 0 Å². The highest BCUT2D eigenvalue weighted by Crippen LogP contribution is 2.19. The van der Waals surface area contributed by atoms with Gasteiger partial charge in [-0.15, -0.1) is 0 Å². The Bertz CT molecular complexity index is 693. The summed E-state index contributed by atoms with van der Waals surface area (Å²) in [7, 11) is 0. The highest BCUT2D eigenvalue weighted by atomic mass is 16.1. The Morgan fingerprint density at radius 3 is 0.304 bits per heavy atom. The van der Waals surface area contributed by atoms with Gasteiger partial charge in [0.2, 0.25) is 11.8 Å². The van der Waals surface area contributed by atoms with E-state index in [2.05, 4.69) is 0 Å². The van der Waals surface area contributed by atoms with E-state index >= 15 is 0 Å². The molecule has 4 nitrogen and oxygen atoms in total. The largest absolute Gasteiger partial charge is 0.370 e. The summed E-state index contributed by atoms with van der Waals surface area (Å²) in [5.41, 5.74) is 10.4. The second kappa shape index (κ2) is 50.1. The summed E-state index contributed by atoms with van der Waals surface area (Å²) < 4.78 is 0. The monoisotopic (exact) mass is 789 g/mol. The Labute approximate surface area is 352 Å². The molecule has 0 atom stereocenters. The highest BCUT2D eigenvalue weighted by molar-refractivity contribution is 5.73. The van der Waals surface area contributed by atoms with Gasteiger partial charge in [-0.3, -0.25) is 9.59 Å². The quantitative estimate of drug-likeness (QED) is 0.0601. The van der Waals surface area contributed by atoms with Gasteiger partial charge in [0.05, 0.1) is 0 Å². The number of carbonyl (C=O) groups excluding carboxylic acids is 2. The zero-order valence-corrected chi connectivity index (χ0v) is 38.3. The molecule has 0 radical (unpaired) electrons. The number of unbranched alkanes of at least 4 members (excludes halogenated alkanes) is 47. The molecule has 0 saturated heterocycles. The van der Waals surface area contributed by atoms with Gasteiger partial charge in [-0.1, -0.05) is 295 Å². The molecule has 56 heavy (non-hydrogen) atoms. The molecule has 0 unspecified atom stereocenters. The van der Waals surface area contributed by atoms with Crippen LogP contribution in [0.25, 0.3) is 0 Å². The lowest BCUT2D eigenvalue weighted by Gasteiger charge is -2.05. The molecule has 0 bridgehead atoms. The number of nitrogens with two attached hydrogens (primary N) is 2. The third-order valence-electron chi connectivity index (χ3n) is 12.6. The Balaban J connectivity index is 3.06. The van der Waals surface area contributed by atoms with Gasteiger partial charge >= 0.3 is 0 Å². The second-order valence-electron chi connectivity index (χ2n) is 18.4. The summed E-state index contributed by atoms with van der Waals surface area (Å²) in [4.78, 5) is 21.5. The van der Waals surface area contributed by atoms with Gasteiger partial charge < -0.3 is 11.5 Å². The topological polar surface area (TPSA) is 86.2 Å². The van der Waals surface area contributed by atoms with Crippen molar-refractivity contribution in [2.75, 3.05) is 0 Å². The van der Waals surface area contributed by atoms with E-state index in [0.29, 0.717) is 12.8 Å². The first kappa shape index (κ1) is 54.9. The van der Waals surface area contributed by atoms with Gasteiger partial charge in [-0.25, -0.2) is 0 Å². The van der Waals surface area contributed by atoms with Gasteiger partial charge in [0.25, 0.3) is 0 Å². The molecule has 0 spiro atoms. The number of amides is 2. The van der Waals surface area contributed by atoms with Crippen LogP contribution >= 0.6 is 0 Å². The van der Waals surface area contributed by atoms with Crippen molar-refractivity contribution in [2.45, 2.75) is 321 Å². The van der Waals surface area contributed by atoms with Gasteiger partial charge in [-0.05, 0) is 12.8 Å². The number of hydrogen-bond acceptors (Lipinski definition) is 2. The molecular formula is C52H104N2O2. The molecule has 4 heteroatoms. The Kier molecular flexibility index (Phi) is 49.1. The number of rotatable bonds is 51. The SMILES string of the molecule is NC(=O)CCCCCCCCCCCCCCCCCCCCCCCCCCCCCCCCCCCCCCCCCCCCCCCCCCC(N)=O. The van der Waals surface area contributed by atoms with Crippen LogP contribution in [0, 0.1) is 0 Å². The lowest BCUT2D eigenvalue weighted by Crippen LogP contribution is -2.09. The molecule has 0 aliphatic rings. The average molecular weight is 789 g/mol. The van der Waals surface area contributed by atoms with E-state index < -0.39 is 0 Å². The first-order valence-electron chi connectivity index (χ1n) is 26.2. The first-order valence-corrected chi connectivity index (χ1v) is 26.2. The van der Waals surface area contributed by atoms with Crippen LogP contribution in [0.15, 0.2) is 0 Å². The minimum Gasteiger partial charge on any atom is -0.370 e. The van der Waals surface area contributed by atoms with E-state index in [1.807, 2.05) is 0 Å². The minimum absolute atomic E-state index is 0.148. The smallest absolute Gasteiger partial charge is 0.217 e. The molecule has 0 heterocycles. The Hall–Kier alpha value is -1.06. The van der Waals surface area contributed by atoms with Crippen LogP contribution in [0.5, 0.6) is 0 Å². The summed E-state index contributed by atoms with van der Waals surface area (Å²) in [6.45, 7) is 0. The number of hydrogen-bond donors (Lipinski definition) is 2. The molecular weight excluding hydrogens is 685 g/mol. The minimum atomic E-state index is -0.148. The van der Waals surface area contributed by atoms with Crippen molar-refractivity contribution < 1.29 is 9.59 Å². The maximum atomic E-state index is 10.7. The van der Waals surface area contributed by atoms with E-state index in [9.17, 15) is 9.59 Å². The average Bonchev–Trinajstić information content (AvgIpc) is 3.18. The van der Waals surface area contributed by atoms with Crippen LogP contribution < -0.4 is 11.5 Å². The maximum Gasteiger partial charge on any atom is 0.217 e. The van der Waals surface area contributed by atoms with Gasteiger partial charge in [0.1, 0.15) is 0 Å². The van der Waals surface area contributed by atoms with Crippen molar-refractivity contribution >= 4 is 11.8 Å². The van der Waals surface area contributed by atoms with Crippen LogP contribution in [0.3, 0.4) is 0 Å². The fourth-order valence-corrected chi connectivity index (χ4v) is 8.73. The Morgan fingerprint density at radius 2 is 0.232 bits per heavy atom. The van der Waals surface area contributed by atoms with E-state index in [0.717, 1.165) is 12.8 Å². The zero-order valence-electron chi connectivity index (χ0n) is 38.3. The molecule has 0 aromatic carbocycles. The normalized spacial score (nSPS) is 11.5. The number of primary amides is 2. The molecule has 0 rings (SSSR count). The van der Waals surface area contributed by atoms with Crippen LogP contribution in [-0.4, -0.2) is 11.8 Å². The Morgan fingerprint density at radius 1 is 0.161 bits per heavy atom. The summed E-state index contributed by atoms with van der Waals surface area (Å²) in [5, 5.41) is 0. The molecule has 0 fully saturated rings. The highest BCUT2D eigenvalue weighted by Gasteiger charge is 2.00. The lowest BCUT2D eigenvalue weighted by molar-refractivity contribution is -0.119. The maximum absolute atomic E-state index is 10.7. The summed E-state index contributed by atoms with van der Waals surface area (Å²) >= 11 is 0. The molecule has 334 valence electrons. The van der Waals surface area contributed by atoms with E-state index in [-0.39, 0.29) is 11.8 Å². The molecule has 0 aromatic heterocycles. The van der Waals surface area contributed by atoms with Crippen molar-refractivity contribution in [2.24, 2.45) is 11.5 Å². The van der Waals surface area contributed by atoms with Gasteiger partial charge in [-0.2, -0.15) is 0 Å². The van der Waals surface area contributed by atoms with Gasteiger partial charge in [0.15, 0.2) is 0 Å². The third kappa shape index (κ3) is 52.9. The molecule has 0 saturated carbocycles. The summed E-state index contributed by atoms with van der Waals surface area (Å²) in [6, 6.07) is 0. The first-order chi connectivity index (χ1) is 27.6. The molecule has 0 aliphatic heterocycles. The van der Waals surface area contributed by atoms with E-state index in [4.69, 9.17) is 11.5 Å². The third-order valence-corrected chi connectivity index (χ3v) is 12.6. The van der Waals surface area contributed by atoms with Crippen LogP contribution in [-0.2, 0) is 9.59 Å².